The zero-order valence-corrected chi connectivity index (χ0v) is 23.0. The zero-order chi connectivity index (χ0) is 29.2. The van der Waals surface area contributed by atoms with Gasteiger partial charge in [-0.25, -0.2) is 9.69 Å². The number of methoxy groups -OCH3 is 1. The van der Waals surface area contributed by atoms with Crippen LogP contribution in [0.25, 0.3) is 17.4 Å². The molecule has 0 unspecified atom stereocenters. The van der Waals surface area contributed by atoms with Crippen molar-refractivity contribution in [3.8, 4) is 17.1 Å². The van der Waals surface area contributed by atoms with Crippen molar-refractivity contribution in [2.24, 2.45) is 17.8 Å². The first kappa shape index (κ1) is 26.2. The van der Waals surface area contributed by atoms with Crippen LogP contribution in [0.5, 0.6) is 5.75 Å². The summed E-state index contributed by atoms with van der Waals surface area (Å²) in [4.78, 5) is 50.7. The molecule has 0 atom stereocenters. The largest absolute Gasteiger partial charge is 0.496 e. The maximum Gasteiger partial charge on any atom is 0.335 e. The minimum Gasteiger partial charge on any atom is -0.496 e. The molecule has 1 N–H and O–H groups in total. The van der Waals surface area contributed by atoms with Crippen LogP contribution in [0.3, 0.4) is 0 Å². The van der Waals surface area contributed by atoms with Gasteiger partial charge in [0.1, 0.15) is 22.8 Å². The van der Waals surface area contributed by atoms with Gasteiger partial charge in [0, 0.05) is 12.1 Å². The lowest BCUT2D eigenvalue weighted by molar-refractivity contribution is -0.384. The van der Waals surface area contributed by atoms with Crippen LogP contribution < -0.4 is 15.0 Å². The van der Waals surface area contributed by atoms with Crippen molar-refractivity contribution >= 4 is 35.3 Å². The molecule has 5 fully saturated rings. The molecule has 4 aliphatic carbocycles. The van der Waals surface area contributed by atoms with Crippen molar-refractivity contribution in [1.29, 1.82) is 0 Å². The second kappa shape index (κ2) is 9.68. The Morgan fingerprint density at radius 3 is 2.26 bits per heavy atom. The van der Waals surface area contributed by atoms with Crippen LogP contribution >= 0.6 is 0 Å². The number of benzene rings is 2. The lowest BCUT2D eigenvalue weighted by Crippen LogP contribution is -2.54. The summed E-state index contributed by atoms with van der Waals surface area (Å²) in [6.07, 6.45) is 8.91. The fourth-order valence-corrected chi connectivity index (χ4v) is 8.04. The number of barbiturate groups is 1. The molecule has 3 aromatic rings. The number of furan rings is 1. The number of nitrogens with zero attached hydrogens (tertiary/aromatic N) is 2. The highest BCUT2D eigenvalue weighted by Gasteiger charge is 2.51. The monoisotopic (exact) mass is 567 g/mol. The number of amides is 4. The molecule has 5 aliphatic rings. The van der Waals surface area contributed by atoms with E-state index in [0.717, 1.165) is 22.7 Å². The maximum atomic E-state index is 13.5. The minimum atomic E-state index is -0.836. The number of hydrogen-bond acceptors (Lipinski definition) is 7. The standard InChI is InChI=1S/C32H29N3O7/c1-41-27-8-6-23(35(39)40)13-25(27)28-9-7-24(42-28)14-26-29(36)33-31(38)34(30(26)37)22-4-2-21(3-5-22)32-15-18-10-19(16-32)12-20(11-18)17-32/h2-9,13-14,18-20H,10-12,15-17H2,1H3,(H,33,36,38)/b26-14+. The number of anilines is 1. The Hall–Kier alpha value is -4.73. The summed E-state index contributed by atoms with van der Waals surface area (Å²) in [6.45, 7) is 0. The number of rotatable bonds is 6. The average molecular weight is 568 g/mol. The molecule has 4 bridgehead atoms. The number of urea groups is 1. The van der Waals surface area contributed by atoms with Crippen molar-refractivity contribution in [1.82, 2.24) is 5.32 Å². The fourth-order valence-electron chi connectivity index (χ4n) is 8.04. The van der Waals surface area contributed by atoms with Crippen molar-refractivity contribution in [2.75, 3.05) is 12.0 Å². The molecule has 4 amide bonds. The Bertz CT molecular complexity index is 1630. The average Bonchev–Trinajstić information content (AvgIpc) is 3.43. The smallest absolute Gasteiger partial charge is 0.335 e. The summed E-state index contributed by atoms with van der Waals surface area (Å²) in [7, 11) is 1.43. The van der Waals surface area contributed by atoms with Crippen LogP contribution in [0.2, 0.25) is 0 Å². The van der Waals surface area contributed by atoms with Crippen molar-refractivity contribution < 1.29 is 28.5 Å². The molecule has 10 heteroatoms. The highest BCUT2D eigenvalue weighted by molar-refractivity contribution is 6.39. The maximum absolute atomic E-state index is 13.5. The summed E-state index contributed by atoms with van der Waals surface area (Å²) < 4.78 is 11.2. The summed E-state index contributed by atoms with van der Waals surface area (Å²) in [6, 6.07) is 14.0. The normalized spacial score (nSPS) is 27.5. The Kier molecular flexibility index (Phi) is 6.04. The van der Waals surface area contributed by atoms with E-state index < -0.39 is 22.8 Å². The van der Waals surface area contributed by atoms with Crippen LogP contribution in [-0.2, 0) is 15.0 Å². The van der Waals surface area contributed by atoms with E-state index in [-0.39, 0.29) is 28.2 Å². The van der Waals surface area contributed by atoms with E-state index in [9.17, 15) is 24.5 Å². The van der Waals surface area contributed by atoms with Gasteiger partial charge in [-0.05, 0) is 104 Å². The van der Waals surface area contributed by atoms with Gasteiger partial charge >= 0.3 is 6.03 Å². The first-order valence-electron chi connectivity index (χ1n) is 14.2. The summed E-state index contributed by atoms with van der Waals surface area (Å²) in [5.74, 6) is 1.55. The number of carbonyl (C=O) groups excluding carboxylic acids is 3. The fraction of sp³-hybridized carbons (Fsp3) is 0.344. The van der Waals surface area contributed by atoms with E-state index >= 15 is 0 Å². The van der Waals surface area contributed by atoms with Crippen molar-refractivity contribution in [2.45, 2.75) is 43.9 Å². The molecule has 4 saturated carbocycles. The Morgan fingerprint density at radius 2 is 1.64 bits per heavy atom. The van der Waals surface area contributed by atoms with Crippen LogP contribution in [0.4, 0.5) is 16.2 Å². The van der Waals surface area contributed by atoms with Gasteiger partial charge in [-0.15, -0.1) is 0 Å². The Labute approximate surface area is 241 Å². The van der Waals surface area contributed by atoms with Gasteiger partial charge in [0.15, 0.2) is 0 Å². The quantitative estimate of drug-likeness (QED) is 0.167. The molecule has 10 nitrogen and oxygen atoms in total. The number of carbonyl (C=O) groups is 3. The number of nitrogens with one attached hydrogen (secondary N) is 1. The Morgan fingerprint density at radius 1 is 0.976 bits per heavy atom. The molecule has 0 spiro atoms. The van der Waals surface area contributed by atoms with Gasteiger partial charge in [-0.3, -0.25) is 25.0 Å². The topological polar surface area (TPSA) is 132 Å². The zero-order valence-electron chi connectivity index (χ0n) is 23.0. The summed E-state index contributed by atoms with van der Waals surface area (Å²) in [5.41, 5.74) is 1.75. The molecule has 0 radical (unpaired) electrons. The second-order valence-corrected chi connectivity index (χ2v) is 12.0. The number of non-ortho nitro benzene ring substituents is 1. The molecule has 42 heavy (non-hydrogen) atoms. The highest BCUT2D eigenvalue weighted by atomic mass is 16.6. The van der Waals surface area contributed by atoms with Crippen molar-refractivity contribution in [3.05, 3.63) is 81.6 Å². The van der Waals surface area contributed by atoms with Gasteiger partial charge in [-0.2, -0.15) is 0 Å². The first-order valence-corrected chi connectivity index (χ1v) is 14.2. The third-order valence-electron chi connectivity index (χ3n) is 9.45. The highest BCUT2D eigenvalue weighted by Crippen LogP contribution is 2.60. The summed E-state index contributed by atoms with van der Waals surface area (Å²) >= 11 is 0. The molecular weight excluding hydrogens is 538 g/mol. The van der Waals surface area contributed by atoms with Crippen LogP contribution in [-0.4, -0.2) is 29.9 Å². The minimum absolute atomic E-state index is 0.146. The second-order valence-electron chi connectivity index (χ2n) is 12.0. The number of ether oxygens (including phenoxy) is 1. The van der Waals surface area contributed by atoms with E-state index in [4.69, 9.17) is 9.15 Å². The molecule has 214 valence electrons. The number of nitro benzene ring substituents is 1. The van der Waals surface area contributed by atoms with Crippen LogP contribution in [0.15, 0.2) is 64.6 Å². The predicted molar refractivity (Wildman–Crippen MR) is 153 cm³/mol. The first-order chi connectivity index (χ1) is 20.2. The summed E-state index contributed by atoms with van der Waals surface area (Å²) in [5, 5.41) is 13.5. The molecule has 2 heterocycles. The SMILES string of the molecule is COc1ccc([N+](=O)[O-])cc1-c1ccc(/C=C2\C(=O)NC(=O)N(c3ccc(C45CC6CC(CC(C6)C4)C5)cc3)C2=O)o1. The third kappa shape index (κ3) is 4.29. The Balaban J connectivity index is 1.16. The lowest BCUT2D eigenvalue weighted by atomic mass is 9.48. The van der Waals surface area contributed by atoms with Gasteiger partial charge in [0.2, 0.25) is 0 Å². The van der Waals surface area contributed by atoms with E-state index in [1.807, 2.05) is 12.1 Å². The predicted octanol–water partition coefficient (Wildman–Crippen LogP) is 6.00. The van der Waals surface area contributed by atoms with Gasteiger partial charge in [0.05, 0.1) is 23.3 Å². The van der Waals surface area contributed by atoms with E-state index in [1.165, 1.54) is 81.5 Å². The lowest BCUT2D eigenvalue weighted by Gasteiger charge is -2.57. The van der Waals surface area contributed by atoms with E-state index in [1.54, 1.807) is 18.2 Å². The molecule has 8 rings (SSSR count). The van der Waals surface area contributed by atoms with E-state index in [0.29, 0.717) is 17.0 Å². The van der Waals surface area contributed by atoms with Gasteiger partial charge < -0.3 is 9.15 Å². The number of nitro groups is 1. The third-order valence-corrected chi connectivity index (χ3v) is 9.45. The molecule has 1 aromatic heterocycles. The van der Waals surface area contributed by atoms with E-state index in [2.05, 4.69) is 5.32 Å². The van der Waals surface area contributed by atoms with Crippen LogP contribution in [0, 0.1) is 27.9 Å². The number of imide groups is 2. The number of hydrogen-bond donors (Lipinski definition) is 1. The molecule has 1 aliphatic heterocycles. The van der Waals surface area contributed by atoms with Crippen LogP contribution in [0.1, 0.15) is 49.8 Å². The molecule has 1 saturated heterocycles. The van der Waals surface area contributed by atoms with Gasteiger partial charge in [-0.1, -0.05) is 12.1 Å². The molecule has 2 aromatic carbocycles. The van der Waals surface area contributed by atoms with Gasteiger partial charge in [0.25, 0.3) is 17.5 Å². The van der Waals surface area contributed by atoms with Crippen molar-refractivity contribution in [3.63, 3.8) is 0 Å². The molecular formula is C32H29N3O7.